The van der Waals surface area contributed by atoms with Crippen molar-refractivity contribution in [2.75, 3.05) is 5.32 Å². The van der Waals surface area contributed by atoms with Crippen LogP contribution in [0.1, 0.15) is 10.7 Å². The minimum atomic E-state index is 0.810. The van der Waals surface area contributed by atoms with Crippen LogP contribution in [0, 0.1) is 13.8 Å². The summed E-state index contributed by atoms with van der Waals surface area (Å²) in [4.78, 5) is 8.96. The molecule has 0 fully saturated rings. The Kier molecular flexibility index (Phi) is 2.65. The number of hydrogen-bond acceptors (Lipinski definition) is 5. The lowest BCUT2D eigenvalue weighted by atomic mass is 10.2. The second kappa shape index (κ2) is 4.53. The Hall–Kier alpha value is -2.47. The Morgan fingerprint density at radius 2 is 2.10 bits per heavy atom. The zero-order chi connectivity index (χ0) is 14.4. The summed E-state index contributed by atoms with van der Waals surface area (Å²) in [6.45, 7) is 3.99. The van der Waals surface area contributed by atoms with Gasteiger partial charge >= 0.3 is 0 Å². The average molecular weight is 295 g/mol. The van der Waals surface area contributed by atoms with Crippen LogP contribution in [0.15, 0.2) is 30.5 Å². The van der Waals surface area contributed by atoms with E-state index in [9.17, 15) is 0 Å². The summed E-state index contributed by atoms with van der Waals surface area (Å²) in [6, 6.07) is 8.11. The number of fused-ring (bicyclic) bond motifs is 2. The molecule has 5 nitrogen and oxygen atoms in total. The van der Waals surface area contributed by atoms with Crippen molar-refractivity contribution >= 4 is 44.0 Å². The zero-order valence-corrected chi connectivity index (χ0v) is 12.5. The van der Waals surface area contributed by atoms with E-state index in [0.717, 1.165) is 38.6 Å². The van der Waals surface area contributed by atoms with E-state index in [2.05, 4.69) is 43.7 Å². The van der Waals surface area contributed by atoms with Gasteiger partial charge in [0.1, 0.15) is 5.82 Å². The Morgan fingerprint density at radius 3 is 3.00 bits per heavy atom. The van der Waals surface area contributed by atoms with Crippen molar-refractivity contribution < 1.29 is 0 Å². The first-order valence-electron chi connectivity index (χ1n) is 6.64. The fourth-order valence-electron chi connectivity index (χ4n) is 2.47. The molecule has 0 atom stereocenters. The molecule has 3 heterocycles. The predicted octanol–water partition coefficient (Wildman–Crippen LogP) is 3.93. The van der Waals surface area contributed by atoms with Gasteiger partial charge < -0.3 is 5.32 Å². The number of nitrogens with zero attached hydrogens (tertiary/aromatic N) is 3. The van der Waals surface area contributed by atoms with Gasteiger partial charge in [-0.2, -0.15) is 5.10 Å². The molecule has 3 aromatic heterocycles. The largest absolute Gasteiger partial charge is 0.340 e. The van der Waals surface area contributed by atoms with Crippen LogP contribution >= 0.6 is 11.3 Å². The summed E-state index contributed by atoms with van der Waals surface area (Å²) in [5.41, 5.74) is 3.91. The molecule has 0 aliphatic carbocycles. The van der Waals surface area contributed by atoms with Gasteiger partial charge in [-0.05, 0) is 38.1 Å². The van der Waals surface area contributed by atoms with Gasteiger partial charge in [-0.3, -0.25) is 5.10 Å². The Balaban J connectivity index is 1.80. The van der Waals surface area contributed by atoms with Crippen molar-refractivity contribution in [1.29, 1.82) is 0 Å². The number of benzene rings is 1. The Labute approximate surface area is 125 Å². The van der Waals surface area contributed by atoms with E-state index >= 15 is 0 Å². The summed E-state index contributed by atoms with van der Waals surface area (Å²) in [6.07, 6.45) is 1.77. The number of aromatic amines is 1. The first kappa shape index (κ1) is 12.3. The van der Waals surface area contributed by atoms with E-state index in [-0.39, 0.29) is 0 Å². The summed E-state index contributed by atoms with van der Waals surface area (Å²) < 4.78 is 1.20. The second-order valence-electron chi connectivity index (χ2n) is 4.93. The summed E-state index contributed by atoms with van der Waals surface area (Å²) >= 11 is 1.70. The van der Waals surface area contributed by atoms with Gasteiger partial charge in [-0.1, -0.05) is 0 Å². The van der Waals surface area contributed by atoms with E-state index in [1.165, 1.54) is 4.70 Å². The van der Waals surface area contributed by atoms with Crippen LogP contribution in [0.25, 0.3) is 21.1 Å². The van der Waals surface area contributed by atoms with E-state index in [1.807, 2.05) is 19.9 Å². The van der Waals surface area contributed by atoms with Crippen molar-refractivity contribution in [2.24, 2.45) is 0 Å². The van der Waals surface area contributed by atoms with Gasteiger partial charge in [0, 0.05) is 11.9 Å². The lowest BCUT2D eigenvalue weighted by Crippen LogP contribution is -1.94. The van der Waals surface area contributed by atoms with Crippen molar-refractivity contribution in [1.82, 2.24) is 20.2 Å². The fourth-order valence-corrected chi connectivity index (χ4v) is 3.28. The van der Waals surface area contributed by atoms with Crippen LogP contribution in [-0.2, 0) is 0 Å². The third-order valence-electron chi connectivity index (χ3n) is 3.41. The molecule has 0 saturated carbocycles. The smallest absolute Gasteiger partial charge is 0.141 e. The topological polar surface area (TPSA) is 66.5 Å². The highest BCUT2D eigenvalue weighted by molar-refractivity contribution is 7.18. The maximum atomic E-state index is 4.52. The number of pyridine rings is 1. The standard InChI is InChI=1S/C15H13N5S/c1-8-14-11(20-19-8)5-6-16-15(14)18-10-3-4-13-12(7-10)17-9(2)21-13/h3-7H,1-2H3,(H,16,18)(H,19,20). The molecular weight excluding hydrogens is 282 g/mol. The molecule has 4 rings (SSSR count). The molecule has 0 spiro atoms. The van der Waals surface area contributed by atoms with Crippen molar-refractivity contribution in [2.45, 2.75) is 13.8 Å². The highest BCUT2D eigenvalue weighted by Gasteiger charge is 2.09. The van der Waals surface area contributed by atoms with E-state index < -0.39 is 0 Å². The molecule has 0 unspecified atom stereocenters. The number of aryl methyl sites for hydroxylation is 2. The molecule has 0 amide bonds. The van der Waals surface area contributed by atoms with Crippen LogP contribution in [0.3, 0.4) is 0 Å². The van der Waals surface area contributed by atoms with Crippen molar-refractivity contribution in [3.05, 3.63) is 41.2 Å². The molecular formula is C15H13N5S. The first-order valence-corrected chi connectivity index (χ1v) is 7.46. The minimum Gasteiger partial charge on any atom is -0.340 e. The Morgan fingerprint density at radius 1 is 1.19 bits per heavy atom. The molecule has 104 valence electrons. The van der Waals surface area contributed by atoms with Crippen LogP contribution in [0.2, 0.25) is 0 Å². The molecule has 0 bridgehead atoms. The van der Waals surface area contributed by atoms with Gasteiger partial charge in [0.2, 0.25) is 0 Å². The minimum absolute atomic E-state index is 0.810. The highest BCUT2D eigenvalue weighted by atomic mass is 32.1. The number of H-pyrrole nitrogens is 1. The third-order valence-corrected chi connectivity index (χ3v) is 4.37. The normalized spacial score (nSPS) is 11.3. The average Bonchev–Trinajstić information content (AvgIpc) is 3.02. The molecule has 0 saturated heterocycles. The number of hydrogen-bond donors (Lipinski definition) is 2. The zero-order valence-electron chi connectivity index (χ0n) is 11.6. The van der Waals surface area contributed by atoms with E-state index in [4.69, 9.17) is 0 Å². The molecule has 4 aromatic rings. The number of thiazole rings is 1. The van der Waals surface area contributed by atoms with Gasteiger partial charge in [-0.25, -0.2) is 9.97 Å². The number of rotatable bonds is 2. The van der Waals surface area contributed by atoms with Crippen LogP contribution in [-0.4, -0.2) is 20.2 Å². The molecule has 1 aromatic carbocycles. The molecule has 0 aliphatic rings. The summed E-state index contributed by atoms with van der Waals surface area (Å²) in [5, 5.41) is 12.7. The summed E-state index contributed by atoms with van der Waals surface area (Å²) in [7, 11) is 0. The van der Waals surface area contributed by atoms with Crippen molar-refractivity contribution in [3.8, 4) is 0 Å². The molecule has 0 aliphatic heterocycles. The lowest BCUT2D eigenvalue weighted by molar-refractivity contribution is 1.07. The molecule has 21 heavy (non-hydrogen) atoms. The first-order chi connectivity index (χ1) is 10.2. The second-order valence-corrected chi connectivity index (χ2v) is 6.17. The lowest BCUT2D eigenvalue weighted by Gasteiger charge is -2.06. The number of aromatic nitrogens is 4. The Bertz CT molecular complexity index is 953. The number of nitrogens with one attached hydrogen (secondary N) is 2. The third kappa shape index (κ3) is 2.04. The molecule has 2 N–H and O–H groups in total. The van der Waals surface area contributed by atoms with Crippen molar-refractivity contribution in [3.63, 3.8) is 0 Å². The highest BCUT2D eigenvalue weighted by Crippen LogP contribution is 2.28. The van der Waals surface area contributed by atoms with Crippen LogP contribution in [0.5, 0.6) is 0 Å². The van der Waals surface area contributed by atoms with E-state index in [0.29, 0.717) is 0 Å². The van der Waals surface area contributed by atoms with Crippen LogP contribution < -0.4 is 5.32 Å². The summed E-state index contributed by atoms with van der Waals surface area (Å²) in [5.74, 6) is 0.810. The molecule has 6 heteroatoms. The van der Waals surface area contributed by atoms with E-state index in [1.54, 1.807) is 17.5 Å². The van der Waals surface area contributed by atoms with Gasteiger partial charge in [0.15, 0.2) is 0 Å². The molecule has 0 radical (unpaired) electrons. The monoisotopic (exact) mass is 295 g/mol. The van der Waals surface area contributed by atoms with Crippen LogP contribution in [0.4, 0.5) is 11.5 Å². The maximum absolute atomic E-state index is 4.52. The van der Waals surface area contributed by atoms with Gasteiger partial charge in [0.05, 0.1) is 31.8 Å². The quantitative estimate of drug-likeness (QED) is 0.588. The maximum Gasteiger partial charge on any atom is 0.141 e. The van der Waals surface area contributed by atoms with Gasteiger partial charge in [0.25, 0.3) is 0 Å². The number of anilines is 2. The predicted molar refractivity (Wildman–Crippen MR) is 86.3 cm³/mol. The SMILES string of the molecule is Cc1nc2cc(Nc3nccc4[nH]nc(C)c34)ccc2s1. The van der Waals surface area contributed by atoms with Gasteiger partial charge in [-0.15, -0.1) is 11.3 Å². The fraction of sp³-hybridized carbons (Fsp3) is 0.133.